The second-order valence-electron chi connectivity index (χ2n) is 13.4. The summed E-state index contributed by atoms with van der Waals surface area (Å²) >= 11 is 0. The Bertz CT molecular complexity index is 2240. The number of benzene rings is 4. The van der Waals surface area contributed by atoms with Crippen LogP contribution in [0.5, 0.6) is 11.5 Å². The molecule has 5 nitrogen and oxygen atoms in total. The van der Waals surface area contributed by atoms with Crippen molar-refractivity contribution >= 4 is 21.8 Å². The topological polar surface area (TPSA) is 44.9 Å². The number of aromatic nitrogens is 4. The maximum Gasteiger partial charge on any atom is 0.137 e. The Balaban J connectivity index is 1.32. The fraction of sp³-hybridized carbons (Fsp3) is 0.273. The van der Waals surface area contributed by atoms with Gasteiger partial charge in [0, 0.05) is 40.4 Å². The molecule has 0 aliphatic carbocycles. The van der Waals surface area contributed by atoms with Crippen LogP contribution in [0, 0.1) is 20.8 Å². The van der Waals surface area contributed by atoms with E-state index in [4.69, 9.17) is 14.8 Å². The van der Waals surface area contributed by atoms with Crippen molar-refractivity contribution in [1.82, 2.24) is 19.3 Å². The van der Waals surface area contributed by atoms with E-state index in [-0.39, 0.29) is 0 Å². The Morgan fingerprint density at radius 3 is 2.27 bits per heavy atom. The van der Waals surface area contributed by atoms with Gasteiger partial charge in [0.05, 0.1) is 22.4 Å². The van der Waals surface area contributed by atoms with Crippen LogP contribution in [0.3, 0.4) is 0 Å². The second kappa shape index (κ2) is 14.1. The van der Waals surface area contributed by atoms with Crippen LogP contribution in [-0.2, 0) is 12.8 Å². The molecule has 0 radical (unpaired) electrons. The van der Waals surface area contributed by atoms with Crippen LogP contribution in [0.4, 0.5) is 0 Å². The first-order valence-electron chi connectivity index (χ1n) is 17.9. The minimum atomic E-state index is 0.796. The minimum absolute atomic E-state index is 0.796. The fourth-order valence-electron chi connectivity index (χ4n) is 7.14. The van der Waals surface area contributed by atoms with E-state index >= 15 is 0 Å². The molecule has 7 rings (SSSR count). The Kier molecular flexibility index (Phi) is 9.34. The molecule has 5 heteroatoms. The van der Waals surface area contributed by atoms with Crippen molar-refractivity contribution in [1.29, 1.82) is 0 Å². The zero-order valence-electron chi connectivity index (χ0n) is 29.5. The highest BCUT2D eigenvalue weighted by atomic mass is 16.5. The molecule has 3 heterocycles. The quantitative estimate of drug-likeness (QED) is 0.124. The molecular formula is C44H46N4O. The largest absolute Gasteiger partial charge is 0.457 e. The number of nitrogens with zero attached hydrogens (tertiary/aromatic N) is 4. The van der Waals surface area contributed by atoms with Gasteiger partial charge in [0.1, 0.15) is 17.3 Å². The molecule has 0 amide bonds. The van der Waals surface area contributed by atoms with Crippen LogP contribution in [0.15, 0.2) is 103 Å². The van der Waals surface area contributed by atoms with Crippen molar-refractivity contribution in [3.8, 4) is 34.1 Å². The lowest BCUT2D eigenvalue weighted by Gasteiger charge is -2.13. The Hall–Kier alpha value is -5.16. The number of pyridine rings is 1. The number of unbranched alkanes of at least 4 members (excludes halogenated alkanes) is 3. The second-order valence-corrected chi connectivity index (χ2v) is 13.4. The van der Waals surface area contributed by atoms with Crippen molar-refractivity contribution in [2.75, 3.05) is 0 Å². The van der Waals surface area contributed by atoms with E-state index in [9.17, 15) is 0 Å². The number of fused-ring (bicyclic) bond motifs is 3. The molecule has 0 aliphatic heterocycles. The van der Waals surface area contributed by atoms with Crippen LogP contribution in [0.1, 0.15) is 74.0 Å². The summed E-state index contributed by atoms with van der Waals surface area (Å²) in [6.07, 6.45) is 9.91. The van der Waals surface area contributed by atoms with Crippen LogP contribution >= 0.6 is 0 Å². The third-order valence-corrected chi connectivity index (χ3v) is 9.61. The number of ether oxygens (including phenoxy) is 1. The molecule has 4 aromatic carbocycles. The SMILES string of the molecule is CCCCCc1ccc2c(c1)c1ccc(Oc3cc(CCCC)cc(-n4nc(C)c(-c5ccccc5)c4C)c3)cc1n2-c1cc(C)ccn1. The molecule has 3 aromatic heterocycles. The number of aryl methyl sites for hydroxylation is 4. The predicted molar refractivity (Wildman–Crippen MR) is 204 cm³/mol. The van der Waals surface area contributed by atoms with E-state index in [1.165, 1.54) is 57.9 Å². The van der Waals surface area contributed by atoms with E-state index in [1.54, 1.807) is 0 Å². The molecular weight excluding hydrogens is 601 g/mol. The van der Waals surface area contributed by atoms with Gasteiger partial charge in [-0.1, -0.05) is 69.5 Å². The van der Waals surface area contributed by atoms with Crippen molar-refractivity contribution in [2.24, 2.45) is 0 Å². The first-order chi connectivity index (χ1) is 23.9. The van der Waals surface area contributed by atoms with Gasteiger partial charge in [-0.2, -0.15) is 5.10 Å². The van der Waals surface area contributed by atoms with E-state index in [0.717, 1.165) is 71.1 Å². The van der Waals surface area contributed by atoms with E-state index < -0.39 is 0 Å². The molecule has 248 valence electrons. The van der Waals surface area contributed by atoms with Gasteiger partial charge < -0.3 is 4.74 Å². The average Bonchev–Trinajstić information content (AvgIpc) is 3.59. The zero-order valence-corrected chi connectivity index (χ0v) is 29.5. The maximum absolute atomic E-state index is 6.76. The molecule has 0 bridgehead atoms. The molecule has 0 saturated carbocycles. The summed E-state index contributed by atoms with van der Waals surface area (Å²) in [4.78, 5) is 4.82. The summed E-state index contributed by atoms with van der Waals surface area (Å²) in [5, 5.41) is 7.48. The summed E-state index contributed by atoms with van der Waals surface area (Å²) in [6.45, 7) is 10.9. The van der Waals surface area contributed by atoms with Crippen LogP contribution in [-0.4, -0.2) is 19.3 Å². The molecule has 0 N–H and O–H groups in total. The van der Waals surface area contributed by atoms with Gasteiger partial charge in [-0.05, 0) is 117 Å². The lowest BCUT2D eigenvalue weighted by atomic mass is 10.0. The number of hydrogen-bond donors (Lipinski definition) is 0. The number of hydrogen-bond acceptors (Lipinski definition) is 3. The first kappa shape index (κ1) is 32.4. The fourth-order valence-corrected chi connectivity index (χ4v) is 7.14. The molecule has 49 heavy (non-hydrogen) atoms. The summed E-state index contributed by atoms with van der Waals surface area (Å²) in [7, 11) is 0. The van der Waals surface area contributed by atoms with Gasteiger partial charge in [0.15, 0.2) is 0 Å². The third-order valence-electron chi connectivity index (χ3n) is 9.61. The van der Waals surface area contributed by atoms with E-state index in [1.807, 2.05) is 12.3 Å². The van der Waals surface area contributed by atoms with Crippen LogP contribution < -0.4 is 4.74 Å². The Morgan fingerprint density at radius 1 is 0.653 bits per heavy atom. The molecule has 0 fully saturated rings. The van der Waals surface area contributed by atoms with Gasteiger partial charge in [-0.3, -0.25) is 4.57 Å². The highest BCUT2D eigenvalue weighted by Gasteiger charge is 2.18. The van der Waals surface area contributed by atoms with Gasteiger partial charge in [-0.25, -0.2) is 9.67 Å². The Morgan fingerprint density at radius 2 is 1.47 bits per heavy atom. The predicted octanol–water partition coefficient (Wildman–Crippen LogP) is 11.8. The van der Waals surface area contributed by atoms with Crippen LogP contribution in [0.25, 0.3) is 44.4 Å². The van der Waals surface area contributed by atoms with Gasteiger partial charge in [0.25, 0.3) is 0 Å². The molecule has 0 aliphatic rings. The molecule has 0 atom stereocenters. The monoisotopic (exact) mass is 646 g/mol. The normalized spacial score (nSPS) is 11.5. The maximum atomic E-state index is 6.76. The molecule has 7 aromatic rings. The lowest BCUT2D eigenvalue weighted by Crippen LogP contribution is -2.02. The first-order valence-corrected chi connectivity index (χ1v) is 17.9. The third kappa shape index (κ3) is 6.63. The van der Waals surface area contributed by atoms with Gasteiger partial charge >= 0.3 is 0 Å². The zero-order chi connectivity index (χ0) is 33.9. The standard InChI is InChI=1S/C44H46N4O/c1-6-8-11-15-33-18-21-41-40(27-33)39-20-19-37(29-42(39)47(41)43-24-30(3)22-23-45-43)49-38-26-34(14-9-7-2)25-36(28-38)48-32(5)44(31(4)46-48)35-16-12-10-13-17-35/h10,12-13,16-29H,6-9,11,14-15H2,1-5H3. The minimum Gasteiger partial charge on any atom is -0.457 e. The summed E-state index contributed by atoms with van der Waals surface area (Å²) in [6, 6.07) is 34.7. The van der Waals surface area contributed by atoms with Crippen molar-refractivity contribution < 1.29 is 4.74 Å². The van der Waals surface area contributed by atoms with Crippen LogP contribution in [0.2, 0.25) is 0 Å². The van der Waals surface area contributed by atoms with E-state index in [0.29, 0.717) is 0 Å². The number of rotatable bonds is 12. The average molecular weight is 647 g/mol. The summed E-state index contributed by atoms with van der Waals surface area (Å²) in [5.74, 6) is 2.52. The summed E-state index contributed by atoms with van der Waals surface area (Å²) in [5.41, 5.74) is 11.6. The van der Waals surface area contributed by atoms with E-state index in [2.05, 4.69) is 135 Å². The highest BCUT2D eigenvalue weighted by Crippen LogP contribution is 2.37. The summed E-state index contributed by atoms with van der Waals surface area (Å²) < 4.78 is 11.1. The molecule has 0 saturated heterocycles. The van der Waals surface area contributed by atoms with Crippen molar-refractivity contribution in [2.45, 2.75) is 79.6 Å². The highest BCUT2D eigenvalue weighted by molar-refractivity contribution is 6.09. The van der Waals surface area contributed by atoms with Crippen molar-refractivity contribution in [3.63, 3.8) is 0 Å². The van der Waals surface area contributed by atoms with Gasteiger partial charge in [0.2, 0.25) is 0 Å². The lowest BCUT2D eigenvalue weighted by molar-refractivity contribution is 0.482. The smallest absolute Gasteiger partial charge is 0.137 e. The van der Waals surface area contributed by atoms with Crippen molar-refractivity contribution in [3.05, 3.63) is 131 Å². The molecule has 0 unspecified atom stereocenters. The van der Waals surface area contributed by atoms with Gasteiger partial charge in [-0.15, -0.1) is 0 Å². The molecule has 0 spiro atoms. The Labute approximate surface area is 290 Å².